The number of benzene rings is 2. The zero-order chi connectivity index (χ0) is 17.9. The number of nitrogens with zero attached hydrogens (tertiary/aromatic N) is 4. The fraction of sp³-hybridized carbons (Fsp3) is 0.0500. The van der Waals surface area contributed by atoms with E-state index in [1.54, 1.807) is 11.0 Å². The molecule has 1 unspecified atom stereocenters. The van der Waals surface area contributed by atoms with Crippen LogP contribution in [0.3, 0.4) is 0 Å². The molecule has 126 valence electrons. The van der Waals surface area contributed by atoms with Gasteiger partial charge in [0.05, 0.1) is 11.6 Å². The van der Waals surface area contributed by atoms with Crippen LogP contribution in [0.1, 0.15) is 17.0 Å². The van der Waals surface area contributed by atoms with E-state index in [4.69, 9.17) is 10.5 Å². The quantitative estimate of drug-likeness (QED) is 0.790. The summed E-state index contributed by atoms with van der Waals surface area (Å²) >= 11 is 0. The van der Waals surface area contributed by atoms with Crippen LogP contribution in [0.25, 0.3) is 11.5 Å². The van der Waals surface area contributed by atoms with E-state index in [0.29, 0.717) is 17.0 Å². The number of nitriles is 1. The van der Waals surface area contributed by atoms with Crippen molar-refractivity contribution in [3.05, 3.63) is 95.9 Å². The number of hydrogen-bond acceptors (Lipinski definition) is 5. The van der Waals surface area contributed by atoms with Crippen molar-refractivity contribution in [3.63, 3.8) is 0 Å². The van der Waals surface area contributed by atoms with Crippen LogP contribution in [-0.2, 0) is 4.74 Å². The Morgan fingerprint density at radius 2 is 1.73 bits per heavy atom. The van der Waals surface area contributed by atoms with Gasteiger partial charge in [0.2, 0.25) is 5.88 Å². The molecule has 0 spiro atoms. The first-order chi connectivity index (χ1) is 12.8. The molecule has 0 saturated heterocycles. The van der Waals surface area contributed by atoms with Crippen LogP contribution in [-0.4, -0.2) is 14.8 Å². The van der Waals surface area contributed by atoms with E-state index >= 15 is 0 Å². The predicted octanol–water partition coefficient (Wildman–Crippen LogP) is 3.11. The smallest absolute Gasteiger partial charge is 0.205 e. The number of nitrogens with two attached hydrogens (primary N) is 1. The van der Waals surface area contributed by atoms with Crippen molar-refractivity contribution in [1.29, 1.82) is 5.26 Å². The highest BCUT2D eigenvalue weighted by atomic mass is 16.5. The summed E-state index contributed by atoms with van der Waals surface area (Å²) in [6, 6.07) is 21.5. The van der Waals surface area contributed by atoms with Crippen molar-refractivity contribution in [2.45, 2.75) is 5.92 Å². The third kappa shape index (κ3) is 2.62. The van der Waals surface area contributed by atoms with E-state index in [0.717, 1.165) is 11.1 Å². The van der Waals surface area contributed by atoms with E-state index in [-0.39, 0.29) is 5.88 Å². The molecule has 6 heteroatoms. The first kappa shape index (κ1) is 15.7. The molecule has 0 bridgehead atoms. The lowest BCUT2D eigenvalue weighted by atomic mass is 9.86. The molecule has 1 aromatic heterocycles. The topological polar surface area (TPSA) is 89.8 Å². The Morgan fingerprint density at radius 1 is 1.04 bits per heavy atom. The standard InChI is InChI=1S/C20H15N5O/c21-11-16-17(14-7-3-1-4-8-14)18(25-13-23-12-24-25)19(26-20(16)22)15-9-5-2-6-10-15/h1-10,12-13,17H,22H2. The van der Waals surface area contributed by atoms with Gasteiger partial charge in [-0.25, -0.2) is 9.67 Å². The van der Waals surface area contributed by atoms with Crippen LogP contribution in [0.2, 0.25) is 0 Å². The monoisotopic (exact) mass is 341 g/mol. The van der Waals surface area contributed by atoms with Crippen LogP contribution < -0.4 is 5.73 Å². The van der Waals surface area contributed by atoms with Gasteiger partial charge in [-0.2, -0.15) is 10.4 Å². The molecule has 2 heterocycles. The van der Waals surface area contributed by atoms with Gasteiger partial charge >= 0.3 is 0 Å². The Morgan fingerprint density at radius 3 is 2.35 bits per heavy atom. The molecule has 0 aliphatic carbocycles. The molecule has 3 aromatic rings. The minimum Gasteiger partial charge on any atom is -0.438 e. The molecule has 0 saturated carbocycles. The highest BCUT2D eigenvalue weighted by Crippen LogP contribution is 2.44. The molecule has 4 rings (SSSR count). The molecule has 26 heavy (non-hydrogen) atoms. The highest BCUT2D eigenvalue weighted by Gasteiger charge is 2.35. The van der Waals surface area contributed by atoms with Crippen molar-refractivity contribution >= 4 is 11.5 Å². The maximum Gasteiger partial charge on any atom is 0.205 e. The Hall–Kier alpha value is -3.85. The van der Waals surface area contributed by atoms with Crippen molar-refractivity contribution in [3.8, 4) is 6.07 Å². The van der Waals surface area contributed by atoms with Gasteiger partial charge < -0.3 is 10.5 Å². The molecule has 6 nitrogen and oxygen atoms in total. The second-order valence-electron chi connectivity index (χ2n) is 5.76. The second kappa shape index (κ2) is 6.57. The fourth-order valence-corrected chi connectivity index (χ4v) is 3.08. The zero-order valence-electron chi connectivity index (χ0n) is 13.8. The minimum absolute atomic E-state index is 0.101. The van der Waals surface area contributed by atoms with Crippen LogP contribution in [0.4, 0.5) is 0 Å². The molecule has 1 atom stereocenters. The molecule has 0 radical (unpaired) electrons. The average molecular weight is 341 g/mol. The van der Waals surface area contributed by atoms with Crippen molar-refractivity contribution in [2.75, 3.05) is 0 Å². The minimum atomic E-state index is -0.410. The summed E-state index contributed by atoms with van der Waals surface area (Å²) in [4.78, 5) is 4.06. The number of aromatic nitrogens is 3. The summed E-state index contributed by atoms with van der Waals surface area (Å²) in [5.41, 5.74) is 8.94. The lowest BCUT2D eigenvalue weighted by molar-refractivity contribution is 0.360. The average Bonchev–Trinajstić information content (AvgIpc) is 3.23. The predicted molar refractivity (Wildman–Crippen MR) is 96.7 cm³/mol. The fourth-order valence-electron chi connectivity index (χ4n) is 3.08. The second-order valence-corrected chi connectivity index (χ2v) is 5.76. The van der Waals surface area contributed by atoms with Gasteiger partial charge in [0, 0.05) is 5.56 Å². The lowest BCUT2D eigenvalue weighted by Crippen LogP contribution is -2.22. The molecular weight excluding hydrogens is 326 g/mol. The molecule has 0 fully saturated rings. The summed E-state index contributed by atoms with van der Waals surface area (Å²) < 4.78 is 7.52. The van der Waals surface area contributed by atoms with E-state index in [2.05, 4.69) is 16.2 Å². The Balaban J connectivity index is 2.01. The van der Waals surface area contributed by atoms with Crippen molar-refractivity contribution in [1.82, 2.24) is 14.8 Å². The summed E-state index contributed by atoms with van der Waals surface area (Å²) in [6.45, 7) is 0. The van der Waals surface area contributed by atoms with E-state index < -0.39 is 5.92 Å². The number of rotatable bonds is 3. The number of ether oxygens (including phenoxy) is 1. The van der Waals surface area contributed by atoms with Crippen LogP contribution in [0.5, 0.6) is 0 Å². The molecular formula is C20H15N5O. The lowest BCUT2D eigenvalue weighted by Gasteiger charge is -2.29. The maximum atomic E-state index is 9.73. The number of allylic oxidation sites excluding steroid dienone is 2. The Kier molecular flexibility index (Phi) is 3.96. The maximum absolute atomic E-state index is 9.73. The Bertz CT molecular complexity index is 1020. The van der Waals surface area contributed by atoms with Crippen molar-refractivity contribution < 1.29 is 4.74 Å². The van der Waals surface area contributed by atoms with Gasteiger partial charge in [-0.05, 0) is 5.56 Å². The Labute approximate surface area is 150 Å². The van der Waals surface area contributed by atoms with Gasteiger partial charge in [-0.15, -0.1) is 0 Å². The molecule has 1 aliphatic rings. The molecule has 2 aromatic carbocycles. The summed E-state index contributed by atoms with van der Waals surface area (Å²) in [7, 11) is 0. The third-order valence-electron chi connectivity index (χ3n) is 4.23. The third-order valence-corrected chi connectivity index (χ3v) is 4.23. The summed E-state index contributed by atoms with van der Waals surface area (Å²) in [6.07, 6.45) is 3.04. The van der Waals surface area contributed by atoms with Gasteiger partial charge in [-0.1, -0.05) is 60.7 Å². The SMILES string of the molecule is N#CC1=C(N)OC(c2ccccc2)=C(n2cncn2)C1c1ccccc1. The van der Waals surface area contributed by atoms with E-state index in [1.807, 2.05) is 60.7 Å². The first-order valence-electron chi connectivity index (χ1n) is 8.06. The normalized spacial score (nSPS) is 17.0. The van der Waals surface area contributed by atoms with Gasteiger partial charge in [0.1, 0.15) is 24.3 Å². The van der Waals surface area contributed by atoms with Gasteiger partial charge in [0.15, 0.2) is 5.76 Å². The van der Waals surface area contributed by atoms with Crippen molar-refractivity contribution in [2.24, 2.45) is 5.73 Å². The van der Waals surface area contributed by atoms with Crippen LogP contribution in [0, 0.1) is 11.3 Å². The van der Waals surface area contributed by atoms with Gasteiger partial charge in [-0.3, -0.25) is 0 Å². The summed E-state index contributed by atoms with van der Waals surface area (Å²) in [5, 5.41) is 14.0. The summed E-state index contributed by atoms with van der Waals surface area (Å²) in [5.74, 6) is 0.248. The largest absolute Gasteiger partial charge is 0.438 e. The van der Waals surface area contributed by atoms with E-state index in [9.17, 15) is 5.26 Å². The highest BCUT2D eigenvalue weighted by molar-refractivity contribution is 5.86. The first-order valence-corrected chi connectivity index (χ1v) is 8.06. The zero-order valence-corrected chi connectivity index (χ0v) is 13.8. The van der Waals surface area contributed by atoms with Crippen LogP contribution >= 0.6 is 0 Å². The van der Waals surface area contributed by atoms with Crippen LogP contribution in [0.15, 0.2) is 84.8 Å². The number of hydrogen-bond donors (Lipinski definition) is 1. The van der Waals surface area contributed by atoms with E-state index in [1.165, 1.54) is 6.33 Å². The molecule has 0 amide bonds. The van der Waals surface area contributed by atoms with Gasteiger partial charge in [0.25, 0.3) is 0 Å². The molecule has 1 aliphatic heterocycles. The molecule has 2 N–H and O–H groups in total.